The number of aromatic nitrogens is 1. The van der Waals surface area contributed by atoms with Gasteiger partial charge in [-0.15, -0.1) is 0 Å². The number of morpholine rings is 1. The number of halogens is 2. The van der Waals surface area contributed by atoms with Gasteiger partial charge in [-0.05, 0) is 37.3 Å². The summed E-state index contributed by atoms with van der Waals surface area (Å²) in [5.41, 5.74) is 0.710. The zero-order valence-corrected chi connectivity index (χ0v) is 19.3. The maximum Gasteiger partial charge on any atom is 0.220 e. The van der Waals surface area contributed by atoms with E-state index in [0.717, 1.165) is 24.6 Å². The van der Waals surface area contributed by atoms with Crippen LogP contribution in [0.3, 0.4) is 0 Å². The highest BCUT2D eigenvalue weighted by molar-refractivity contribution is 6.36. The van der Waals surface area contributed by atoms with Gasteiger partial charge in [0.15, 0.2) is 11.7 Å². The van der Waals surface area contributed by atoms with E-state index >= 15 is 0 Å². The van der Waals surface area contributed by atoms with Crippen LogP contribution in [0.2, 0.25) is 10.0 Å². The van der Waals surface area contributed by atoms with Crippen LogP contribution < -0.4 is 5.32 Å². The van der Waals surface area contributed by atoms with Gasteiger partial charge in [0, 0.05) is 43.1 Å². The molecule has 3 heterocycles. The monoisotopic (exact) mass is 477 g/mol. The van der Waals surface area contributed by atoms with Crippen molar-refractivity contribution in [3.63, 3.8) is 0 Å². The van der Waals surface area contributed by atoms with E-state index in [0.29, 0.717) is 53.4 Å². The van der Waals surface area contributed by atoms with E-state index in [-0.39, 0.29) is 18.4 Å². The van der Waals surface area contributed by atoms with Crippen molar-refractivity contribution in [1.29, 1.82) is 0 Å². The van der Waals surface area contributed by atoms with E-state index in [1.54, 1.807) is 24.4 Å². The van der Waals surface area contributed by atoms with Crippen LogP contribution in [0.25, 0.3) is 11.3 Å². The van der Waals surface area contributed by atoms with Crippen LogP contribution in [0.4, 0.5) is 0 Å². The van der Waals surface area contributed by atoms with Gasteiger partial charge in [0.05, 0.1) is 30.5 Å². The molecule has 32 heavy (non-hydrogen) atoms. The lowest BCUT2D eigenvalue weighted by atomic mass is 10.1. The van der Waals surface area contributed by atoms with Crippen LogP contribution in [-0.2, 0) is 16.0 Å². The molecular weight excluding hydrogens is 453 g/mol. The van der Waals surface area contributed by atoms with E-state index in [9.17, 15) is 4.79 Å². The average molecular weight is 478 g/mol. The number of hydrogen-bond donors (Lipinski definition) is 1. The van der Waals surface area contributed by atoms with E-state index in [4.69, 9.17) is 36.8 Å². The summed E-state index contributed by atoms with van der Waals surface area (Å²) in [7, 11) is 0. The van der Waals surface area contributed by atoms with Crippen molar-refractivity contribution in [2.45, 2.75) is 25.8 Å². The highest BCUT2D eigenvalue weighted by Gasteiger charge is 2.25. The van der Waals surface area contributed by atoms with E-state index in [1.165, 1.54) is 0 Å². The largest absolute Gasteiger partial charge is 0.465 e. The summed E-state index contributed by atoms with van der Waals surface area (Å²) >= 11 is 12.2. The molecular formula is C23H25Cl2N3O4. The summed E-state index contributed by atoms with van der Waals surface area (Å²) < 4.78 is 17.1. The molecule has 7 nitrogen and oxygen atoms in total. The zero-order chi connectivity index (χ0) is 22.5. The van der Waals surface area contributed by atoms with Gasteiger partial charge in [-0.3, -0.25) is 9.69 Å². The van der Waals surface area contributed by atoms with Gasteiger partial charge in [-0.1, -0.05) is 23.2 Å². The van der Waals surface area contributed by atoms with Crippen LogP contribution in [-0.4, -0.2) is 48.6 Å². The van der Waals surface area contributed by atoms with Crippen molar-refractivity contribution in [1.82, 2.24) is 15.2 Å². The summed E-state index contributed by atoms with van der Waals surface area (Å²) in [4.78, 5) is 19.1. The molecule has 0 spiro atoms. The summed E-state index contributed by atoms with van der Waals surface area (Å²) in [6, 6.07) is 9.06. The number of furan rings is 1. The van der Waals surface area contributed by atoms with Crippen molar-refractivity contribution in [2.24, 2.45) is 0 Å². The summed E-state index contributed by atoms with van der Waals surface area (Å²) in [6.45, 7) is 5.32. The number of amides is 1. The number of nitrogens with zero attached hydrogens (tertiary/aromatic N) is 2. The summed E-state index contributed by atoms with van der Waals surface area (Å²) in [5, 5.41) is 4.06. The van der Waals surface area contributed by atoms with Crippen LogP contribution >= 0.6 is 23.2 Å². The number of benzene rings is 1. The minimum Gasteiger partial charge on any atom is -0.465 e. The molecule has 4 rings (SSSR count). The Hall–Kier alpha value is -2.32. The van der Waals surface area contributed by atoms with E-state index in [1.807, 2.05) is 19.1 Å². The number of ether oxygens (including phenoxy) is 1. The van der Waals surface area contributed by atoms with Gasteiger partial charge < -0.3 is 18.9 Å². The lowest BCUT2D eigenvalue weighted by Gasteiger charge is -2.33. The first-order valence-electron chi connectivity index (χ1n) is 10.5. The third-order valence-corrected chi connectivity index (χ3v) is 5.93. The van der Waals surface area contributed by atoms with Crippen molar-refractivity contribution < 1.29 is 18.4 Å². The lowest BCUT2D eigenvalue weighted by Crippen LogP contribution is -2.43. The smallest absolute Gasteiger partial charge is 0.220 e. The Morgan fingerprint density at radius 2 is 2.00 bits per heavy atom. The molecule has 1 aliphatic rings. The number of hydrogen-bond acceptors (Lipinski definition) is 6. The highest BCUT2D eigenvalue weighted by atomic mass is 35.5. The lowest BCUT2D eigenvalue weighted by molar-refractivity contribution is -0.121. The number of carbonyl (C=O) groups is 1. The number of oxazole rings is 1. The molecule has 0 aliphatic carbocycles. The topological polar surface area (TPSA) is 80.7 Å². The predicted molar refractivity (Wildman–Crippen MR) is 122 cm³/mol. The normalized spacial score (nSPS) is 15.6. The number of carbonyl (C=O) groups excluding carboxylic acids is 1. The third-order valence-electron chi connectivity index (χ3n) is 5.38. The molecule has 0 saturated carbocycles. The Morgan fingerprint density at radius 3 is 2.72 bits per heavy atom. The fourth-order valence-electron chi connectivity index (χ4n) is 3.69. The summed E-state index contributed by atoms with van der Waals surface area (Å²) in [6.07, 6.45) is 2.26. The van der Waals surface area contributed by atoms with Gasteiger partial charge >= 0.3 is 0 Å². The first kappa shape index (κ1) is 22.9. The molecule has 1 N–H and O–H groups in total. The van der Waals surface area contributed by atoms with Gasteiger partial charge in [-0.2, -0.15) is 0 Å². The molecule has 0 bridgehead atoms. The quantitative estimate of drug-likeness (QED) is 0.507. The highest BCUT2D eigenvalue weighted by Crippen LogP contribution is 2.31. The van der Waals surface area contributed by atoms with Gasteiger partial charge in [-0.25, -0.2) is 4.98 Å². The molecule has 0 radical (unpaired) electrons. The van der Waals surface area contributed by atoms with Crippen LogP contribution in [0.15, 0.2) is 45.4 Å². The Labute approximate surface area is 196 Å². The Kier molecular flexibility index (Phi) is 7.52. The second kappa shape index (κ2) is 10.5. The number of aryl methyl sites for hydroxylation is 2. The minimum atomic E-state index is -0.0733. The van der Waals surface area contributed by atoms with Crippen molar-refractivity contribution in [3.05, 3.63) is 64.0 Å². The van der Waals surface area contributed by atoms with Crippen molar-refractivity contribution >= 4 is 29.1 Å². The Balaban J connectivity index is 1.32. The second-order valence-corrected chi connectivity index (χ2v) is 8.50. The van der Waals surface area contributed by atoms with Crippen molar-refractivity contribution in [3.8, 4) is 11.3 Å². The molecule has 1 saturated heterocycles. The van der Waals surface area contributed by atoms with E-state index in [2.05, 4.69) is 15.2 Å². The maximum absolute atomic E-state index is 12.5. The first-order chi connectivity index (χ1) is 15.5. The molecule has 2 aromatic heterocycles. The third kappa shape index (κ3) is 5.72. The molecule has 1 amide bonds. The minimum absolute atomic E-state index is 0.0306. The maximum atomic E-state index is 12.5. The fraction of sp³-hybridized carbons (Fsp3) is 0.391. The molecule has 3 aromatic rings. The molecule has 9 heteroatoms. The van der Waals surface area contributed by atoms with Crippen LogP contribution in [0.5, 0.6) is 0 Å². The Morgan fingerprint density at radius 1 is 1.19 bits per heavy atom. The predicted octanol–water partition coefficient (Wildman–Crippen LogP) is 4.67. The number of nitrogens with one attached hydrogen (secondary N) is 1. The molecule has 170 valence electrons. The average Bonchev–Trinajstić information content (AvgIpc) is 3.42. The first-order valence-corrected chi connectivity index (χ1v) is 11.3. The number of rotatable bonds is 8. The Bertz CT molecular complexity index is 1060. The standard InChI is InChI=1S/C23H25Cl2N3O4/c1-15-2-5-20(31-15)19(28-8-10-30-11-9-28)13-26-22(29)6-7-23-27-14-21(32-23)17-4-3-16(24)12-18(17)25/h2-5,12,14,19H,6-11,13H2,1H3,(H,26,29). The molecule has 1 aliphatic heterocycles. The zero-order valence-electron chi connectivity index (χ0n) is 17.8. The van der Waals surface area contributed by atoms with Gasteiger partial charge in [0.25, 0.3) is 0 Å². The molecule has 1 atom stereocenters. The van der Waals surface area contributed by atoms with Gasteiger partial charge in [0.2, 0.25) is 5.91 Å². The SMILES string of the molecule is Cc1ccc(C(CNC(=O)CCc2ncc(-c3ccc(Cl)cc3Cl)o2)N2CCOCC2)o1. The van der Waals surface area contributed by atoms with Gasteiger partial charge in [0.1, 0.15) is 11.5 Å². The van der Waals surface area contributed by atoms with Crippen molar-refractivity contribution in [2.75, 3.05) is 32.8 Å². The van der Waals surface area contributed by atoms with Crippen LogP contribution in [0.1, 0.15) is 29.9 Å². The molecule has 1 unspecified atom stereocenters. The summed E-state index contributed by atoms with van der Waals surface area (Å²) in [5.74, 6) is 2.65. The molecule has 1 fully saturated rings. The van der Waals surface area contributed by atoms with Crippen LogP contribution in [0, 0.1) is 6.92 Å². The molecule has 1 aromatic carbocycles. The second-order valence-electron chi connectivity index (χ2n) is 7.66. The van der Waals surface area contributed by atoms with E-state index < -0.39 is 0 Å². The fourth-order valence-corrected chi connectivity index (χ4v) is 4.19.